The van der Waals surface area contributed by atoms with Gasteiger partial charge in [0.05, 0.1) is 13.2 Å². The Labute approximate surface area is 148 Å². The van der Waals surface area contributed by atoms with E-state index >= 15 is 0 Å². The number of halogens is 3. The first kappa shape index (κ1) is 18.1. The molecule has 0 bridgehead atoms. The van der Waals surface area contributed by atoms with E-state index in [1.54, 1.807) is 18.2 Å². The van der Waals surface area contributed by atoms with Crippen LogP contribution in [0, 0.1) is 11.3 Å². The summed E-state index contributed by atoms with van der Waals surface area (Å²) in [5.74, 6) is -0.342. The SMILES string of the molecule is CC1=NC(c2ccc(N3CCOCC3)cc2)(C(F)(F)F)C(C#N)=C(N)N1. The van der Waals surface area contributed by atoms with Gasteiger partial charge in [-0.3, -0.25) is 0 Å². The van der Waals surface area contributed by atoms with E-state index in [1.165, 1.54) is 19.1 Å². The highest BCUT2D eigenvalue weighted by atomic mass is 19.4. The lowest BCUT2D eigenvalue weighted by molar-refractivity contribution is -0.176. The quantitative estimate of drug-likeness (QED) is 0.837. The van der Waals surface area contributed by atoms with Crippen LogP contribution in [0.5, 0.6) is 0 Å². The predicted octanol–water partition coefficient (Wildman–Crippen LogP) is 2.00. The number of hydrogen-bond acceptors (Lipinski definition) is 6. The molecule has 1 atom stereocenters. The molecular weight excluding hydrogens is 347 g/mol. The first-order valence-electron chi connectivity index (χ1n) is 8.03. The second-order valence-electron chi connectivity index (χ2n) is 6.08. The van der Waals surface area contributed by atoms with Gasteiger partial charge < -0.3 is 20.7 Å². The second kappa shape index (κ2) is 6.53. The third kappa shape index (κ3) is 2.86. The normalized spacial score (nSPS) is 24.0. The fourth-order valence-corrected chi connectivity index (χ4v) is 3.24. The lowest BCUT2D eigenvalue weighted by atomic mass is 9.81. The van der Waals surface area contributed by atoms with Crippen LogP contribution in [0.3, 0.4) is 0 Å². The van der Waals surface area contributed by atoms with Crippen LogP contribution in [0.4, 0.5) is 18.9 Å². The lowest BCUT2D eigenvalue weighted by Crippen LogP contribution is -2.49. The maximum Gasteiger partial charge on any atom is 0.422 e. The molecule has 1 aromatic rings. The van der Waals surface area contributed by atoms with Crippen LogP contribution in [0.2, 0.25) is 0 Å². The zero-order chi connectivity index (χ0) is 18.9. The number of benzene rings is 1. The van der Waals surface area contributed by atoms with Crippen LogP contribution in [-0.4, -0.2) is 38.3 Å². The van der Waals surface area contributed by atoms with Gasteiger partial charge in [0.2, 0.25) is 5.54 Å². The molecule has 1 unspecified atom stereocenters. The average Bonchev–Trinajstić information content (AvgIpc) is 2.61. The van der Waals surface area contributed by atoms with Gasteiger partial charge in [-0.1, -0.05) is 12.1 Å². The fourth-order valence-electron chi connectivity index (χ4n) is 3.24. The number of rotatable bonds is 2. The molecule has 0 saturated carbocycles. The number of hydrogen-bond donors (Lipinski definition) is 2. The standard InChI is InChI=1S/C17H18F3N5O/c1-11-23-15(22)14(10-21)16(24-11,17(18,19)20)12-2-4-13(5-3-12)25-6-8-26-9-7-25/h2-5H,6-9,22H2,1H3,(H,23,24). The minimum Gasteiger partial charge on any atom is -0.384 e. The van der Waals surface area contributed by atoms with Crippen molar-refractivity contribution in [3.63, 3.8) is 0 Å². The molecule has 0 amide bonds. The molecular formula is C17H18F3N5O. The van der Waals surface area contributed by atoms with Gasteiger partial charge in [-0.15, -0.1) is 0 Å². The number of aliphatic imine (C=N–C) groups is 1. The Morgan fingerprint density at radius 2 is 1.88 bits per heavy atom. The van der Waals surface area contributed by atoms with Crippen molar-refractivity contribution in [3.05, 3.63) is 41.2 Å². The van der Waals surface area contributed by atoms with E-state index in [0.717, 1.165) is 5.69 Å². The molecule has 1 fully saturated rings. The van der Waals surface area contributed by atoms with Crippen molar-refractivity contribution < 1.29 is 17.9 Å². The number of nitrogens with one attached hydrogen (secondary N) is 1. The van der Waals surface area contributed by atoms with Gasteiger partial charge in [-0.2, -0.15) is 18.4 Å². The first-order valence-corrected chi connectivity index (χ1v) is 8.03. The summed E-state index contributed by atoms with van der Waals surface area (Å²) < 4.78 is 47.6. The molecule has 9 heteroatoms. The van der Waals surface area contributed by atoms with Crippen LogP contribution >= 0.6 is 0 Å². The number of ether oxygens (including phenoxy) is 1. The number of anilines is 1. The zero-order valence-corrected chi connectivity index (χ0v) is 14.1. The van der Waals surface area contributed by atoms with Crippen molar-refractivity contribution in [3.8, 4) is 6.07 Å². The van der Waals surface area contributed by atoms with E-state index in [-0.39, 0.29) is 17.2 Å². The van der Waals surface area contributed by atoms with Gasteiger partial charge >= 0.3 is 6.18 Å². The minimum absolute atomic E-state index is 0.00363. The number of nitrogens with zero attached hydrogens (tertiary/aromatic N) is 3. The molecule has 2 heterocycles. The summed E-state index contributed by atoms with van der Waals surface area (Å²) >= 11 is 0. The third-order valence-electron chi connectivity index (χ3n) is 4.47. The summed E-state index contributed by atoms with van der Waals surface area (Å²) in [6.45, 7) is 3.86. The molecule has 3 rings (SSSR count). The fraction of sp³-hybridized carbons (Fsp3) is 0.412. The second-order valence-corrected chi connectivity index (χ2v) is 6.08. The molecule has 6 nitrogen and oxygen atoms in total. The molecule has 1 aromatic carbocycles. The molecule has 1 saturated heterocycles. The highest BCUT2D eigenvalue weighted by Gasteiger charge is 2.61. The Morgan fingerprint density at radius 3 is 2.42 bits per heavy atom. The summed E-state index contributed by atoms with van der Waals surface area (Å²) in [5.41, 5.74) is 2.85. The summed E-state index contributed by atoms with van der Waals surface area (Å²) in [6, 6.07) is 7.50. The van der Waals surface area contributed by atoms with Crippen molar-refractivity contribution >= 4 is 11.5 Å². The van der Waals surface area contributed by atoms with Crippen molar-refractivity contribution in [2.45, 2.75) is 18.6 Å². The highest BCUT2D eigenvalue weighted by molar-refractivity contribution is 5.84. The molecule has 0 aliphatic carbocycles. The number of alkyl halides is 3. The summed E-state index contributed by atoms with van der Waals surface area (Å²) in [6.07, 6.45) is -4.83. The average molecular weight is 365 g/mol. The Bertz CT molecular complexity index is 788. The smallest absolute Gasteiger partial charge is 0.384 e. The summed E-state index contributed by atoms with van der Waals surface area (Å²) in [7, 11) is 0. The summed E-state index contributed by atoms with van der Waals surface area (Å²) in [4.78, 5) is 5.81. The van der Waals surface area contributed by atoms with Crippen LogP contribution in [0.1, 0.15) is 12.5 Å². The maximum atomic E-state index is 14.1. The van der Waals surface area contributed by atoms with Gasteiger partial charge in [-0.05, 0) is 24.6 Å². The van der Waals surface area contributed by atoms with Crippen molar-refractivity contribution in [2.24, 2.45) is 10.7 Å². The Balaban J connectivity index is 2.10. The van der Waals surface area contributed by atoms with E-state index in [4.69, 9.17) is 10.5 Å². The van der Waals surface area contributed by atoms with Gasteiger partial charge in [0.15, 0.2) is 0 Å². The van der Waals surface area contributed by atoms with Crippen molar-refractivity contribution in [1.29, 1.82) is 5.26 Å². The molecule has 2 aliphatic rings. The van der Waals surface area contributed by atoms with Gasteiger partial charge in [-0.25, -0.2) is 4.99 Å². The topological polar surface area (TPSA) is 86.7 Å². The van der Waals surface area contributed by atoms with E-state index < -0.39 is 17.3 Å². The molecule has 3 N–H and O–H groups in total. The lowest BCUT2D eigenvalue weighted by Gasteiger charge is -2.36. The van der Waals surface area contributed by atoms with Gasteiger partial charge in [0.25, 0.3) is 0 Å². The Kier molecular flexibility index (Phi) is 4.54. The molecule has 26 heavy (non-hydrogen) atoms. The van der Waals surface area contributed by atoms with E-state index in [1.807, 2.05) is 4.90 Å². The van der Waals surface area contributed by atoms with Gasteiger partial charge in [0.1, 0.15) is 23.3 Å². The maximum absolute atomic E-state index is 14.1. The zero-order valence-electron chi connectivity index (χ0n) is 14.1. The number of amidine groups is 1. The Morgan fingerprint density at radius 1 is 1.27 bits per heavy atom. The molecule has 0 spiro atoms. The Hall–Kier alpha value is -2.73. The number of nitrogens with two attached hydrogens (primary N) is 1. The van der Waals surface area contributed by atoms with Crippen LogP contribution in [0.15, 0.2) is 40.7 Å². The third-order valence-corrected chi connectivity index (χ3v) is 4.47. The van der Waals surface area contributed by atoms with E-state index in [0.29, 0.717) is 26.3 Å². The molecule has 0 aromatic heterocycles. The first-order chi connectivity index (χ1) is 12.3. The number of morpholine rings is 1. The highest BCUT2D eigenvalue weighted by Crippen LogP contribution is 2.49. The van der Waals surface area contributed by atoms with Crippen LogP contribution < -0.4 is 16.0 Å². The predicted molar refractivity (Wildman–Crippen MR) is 90.3 cm³/mol. The largest absolute Gasteiger partial charge is 0.422 e. The summed E-state index contributed by atoms with van der Waals surface area (Å²) in [5, 5.41) is 11.8. The molecule has 138 valence electrons. The molecule has 2 aliphatic heterocycles. The van der Waals surface area contributed by atoms with Crippen molar-refractivity contribution in [2.75, 3.05) is 31.2 Å². The van der Waals surface area contributed by atoms with Crippen molar-refractivity contribution in [1.82, 2.24) is 5.32 Å². The van der Waals surface area contributed by atoms with E-state index in [2.05, 4.69) is 10.3 Å². The number of nitriles is 1. The van der Waals surface area contributed by atoms with Crippen LogP contribution in [-0.2, 0) is 10.3 Å². The molecule has 0 radical (unpaired) electrons. The minimum atomic E-state index is -4.83. The van der Waals surface area contributed by atoms with E-state index in [9.17, 15) is 18.4 Å². The monoisotopic (exact) mass is 365 g/mol. The van der Waals surface area contributed by atoms with Crippen LogP contribution in [0.25, 0.3) is 0 Å². The van der Waals surface area contributed by atoms with Gasteiger partial charge in [0, 0.05) is 18.8 Å².